The number of halogens is 2. The first-order valence-electron chi connectivity index (χ1n) is 7.49. The molecule has 0 spiro atoms. The van der Waals surface area contributed by atoms with E-state index in [-0.39, 0.29) is 12.4 Å². The quantitative estimate of drug-likeness (QED) is 0.608. The van der Waals surface area contributed by atoms with Crippen LogP contribution in [0.2, 0.25) is 0 Å². The Morgan fingerprint density at radius 2 is 1.77 bits per heavy atom. The fraction of sp³-hybridized carbons (Fsp3) is 0.167. The molecule has 26 heavy (non-hydrogen) atoms. The van der Waals surface area contributed by atoms with Crippen molar-refractivity contribution in [3.8, 4) is 17.6 Å². The molecule has 0 aromatic heterocycles. The molecule has 0 atom stereocenters. The molecule has 1 N–H and O–H groups in total. The van der Waals surface area contributed by atoms with Crippen LogP contribution in [0.1, 0.15) is 18.1 Å². The summed E-state index contributed by atoms with van der Waals surface area (Å²) in [6, 6.07) is 14.2. The molecule has 0 radical (unpaired) electrons. The number of nitrogens with one attached hydrogen (secondary N) is 1. The van der Waals surface area contributed by atoms with Gasteiger partial charge in [0.15, 0.2) is 6.61 Å². The van der Waals surface area contributed by atoms with Crippen LogP contribution in [0.5, 0.6) is 11.5 Å². The Bertz CT molecular complexity index is 813. The Hall–Kier alpha value is -3.47. The molecule has 6 nitrogen and oxygen atoms in total. The lowest BCUT2D eigenvalue weighted by molar-refractivity contribution is -0.123. The molecule has 0 saturated carbocycles. The number of benzene rings is 2. The van der Waals surface area contributed by atoms with Gasteiger partial charge in [-0.2, -0.15) is 19.1 Å². The van der Waals surface area contributed by atoms with Crippen LogP contribution in [0.25, 0.3) is 0 Å². The van der Waals surface area contributed by atoms with Gasteiger partial charge in [-0.25, -0.2) is 5.43 Å². The standard InChI is InChI=1S/C18H15F2N3O3/c1-12(14-4-8-16(9-5-14)26-18(19)20)22-23-17(24)11-25-15-6-2-13(10-21)3-7-15/h2-9,18H,11H2,1H3,(H,23,24)/b22-12-. The summed E-state index contributed by atoms with van der Waals surface area (Å²) in [5, 5.41) is 12.6. The molecule has 2 rings (SSSR count). The molecule has 2 aromatic rings. The molecule has 0 bridgehead atoms. The minimum absolute atomic E-state index is 0.0383. The Morgan fingerprint density at radius 3 is 2.35 bits per heavy atom. The molecule has 134 valence electrons. The average molecular weight is 359 g/mol. The zero-order valence-electron chi connectivity index (χ0n) is 13.8. The van der Waals surface area contributed by atoms with Crippen molar-refractivity contribution < 1.29 is 23.0 Å². The van der Waals surface area contributed by atoms with Crippen molar-refractivity contribution in [2.24, 2.45) is 5.10 Å². The van der Waals surface area contributed by atoms with Crippen LogP contribution in [0.15, 0.2) is 53.6 Å². The summed E-state index contributed by atoms with van der Waals surface area (Å²) in [7, 11) is 0. The van der Waals surface area contributed by atoms with Crippen LogP contribution in [-0.4, -0.2) is 24.8 Å². The van der Waals surface area contributed by atoms with Crippen LogP contribution in [0.4, 0.5) is 8.78 Å². The number of amides is 1. The average Bonchev–Trinajstić information content (AvgIpc) is 2.65. The maximum Gasteiger partial charge on any atom is 0.387 e. The fourth-order valence-electron chi connectivity index (χ4n) is 1.90. The highest BCUT2D eigenvalue weighted by molar-refractivity contribution is 5.99. The smallest absolute Gasteiger partial charge is 0.387 e. The molecule has 0 aliphatic rings. The van der Waals surface area contributed by atoms with E-state index in [2.05, 4.69) is 15.3 Å². The third-order valence-corrected chi connectivity index (χ3v) is 3.20. The number of carbonyl (C=O) groups is 1. The minimum Gasteiger partial charge on any atom is -0.484 e. The SMILES string of the molecule is C/C(=N/NC(=O)COc1ccc(C#N)cc1)c1ccc(OC(F)F)cc1. The molecular weight excluding hydrogens is 344 g/mol. The topological polar surface area (TPSA) is 83.7 Å². The second-order valence-electron chi connectivity index (χ2n) is 5.06. The van der Waals surface area contributed by atoms with E-state index >= 15 is 0 Å². The van der Waals surface area contributed by atoms with Gasteiger partial charge in [0.1, 0.15) is 11.5 Å². The minimum atomic E-state index is -2.88. The first-order valence-corrected chi connectivity index (χ1v) is 7.49. The second-order valence-corrected chi connectivity index (χ2v) is 5.06. The first-order chi connectivity index (χ1) is 12.5. The zero-order valence-corrected chi connectivity index (χ0v) is 13.8. The summed E-state index contributed by atoms with van der Waals surface area (Å²) in [4.78, 5) is 11.8. The summed E-state index contributed by atoms with van der Waals surface area (Å²) in [6.07, 6.45) is 0. The van der Waals surface area contributed by atoms with E-state index in [1.165, 1.54) is 12.1 Å². The number of carbonyl (C=O) groups excluding carboxylic acids is 1. The third-order valence-electron chi connectivity index (χ3n) is 3.20. The number of nitriles is 1. The summed E-state index contributed by atoms with van der Waals surface area (Å²) < 4.78 is 33.7. The van der Waals surface area contributed by atoms with Crippen molar-refractivity contribution in [1.82, 2.24) is 5.43 Å². The highest BCUT2D eigenvalue weighted by Gasteiger charge is 2.06. The monoisotopic (exact) mass is 359 g/mol. The predicted octanol–water partition coefficient (Wildman–Crippen LogP) is 3.08. The van der Waals surface area contributed by atoms with E-state index in [0.29, 0.717) is 22.6 Å². The summed E-state index contributed by atoms with van der Waals surface area (Å²) in [6.45, 7) is -1.47. The number of rotatable bonds is 7. The van der Waals surface area contributed by atoms with Crippen molar-refractivity contribution in [2.45, 2.75) is 13.5 Å². The van der Waals surface area contributed by atoms with E-state index < -0.39 is 12.5 Å². The molecule has 0 fully saturated rings. The van der Waals surface area contributed by atoms with E-state index in [1.54, 1.807) is 43.3 Å². The molecule has 0 saturated heterocycles. The predicted molar refractivity (Wildman–Crippen MR) is 90.1 cm³/mol. The fourth-order valence-corrected chi connectivity index (χ4v) is 1.90. The number of hydrogen-bond donors (Lipinski definition) is 1. The molecule has 0 aliphatic carbocycles. The number of nitrogens with zero attached hydrogens (tertiary/aromatic N) is 2. The Labute approximate surface area is 148 Å². The Morgan fingerprint density at radius 1 is 1.15 bits per heavy atom. The van der Waals surface area contributed by atoms with Gasteiger partial charge in [-0.05, 0) is 61.0 Å². The summed E-state index contributed by atoms with van der Waals surface area (Å²) in [5.41, 5.74) is 3.96. The van der Waals surface area contributed by atoms with Crippen LogP contribution in [-0.2, 0) is 4.79 Å². The third kappa shape index (κ3) is 5.87. The molecule has 0 aliphatic heterocycles. The largest absolute Gasteiger partial charge is 0.484 e. The number of hydrazone groups is 1. The van der Waals surface area contributed by atoms with Gasteiger partial charge in [-0.15, -0.1) is 0 Å². The van der Waals surface area contributed by atoms with E-state index in [1.807, 2.05) is 6.07 Å². The molecule has 1 amide bonds. The highest BCUT2D eigenvalue weighted by atomic mass is 19.3. The van der Waals surface area contributed by atoms with Crippen molar-refractivity contribution in [3.05, 3.63) is 59.7 Å². The Balaban J connectivity index is 1.85. The van der Waals surface area contributed by atoms with Gasteiger partial charge in [-0.1, -0.05) is 0 Å². The van der Waals surface area contributed by atoms with Gasteiger partial charge in [0.25, 0.3) is 5.91 Å². The van der Waals surface area contributed by atoms with Gasteiger partial charge in [0, 0.05) is 0 Å². The van der Waals surface area contributed by atoms with Gasteiger partial charge in [0.05, 0.1) is 17.3 Å². The van der Waals surface area contributed by atoms with Gasteiger partial charge >= 0.3 is 6.61 Å². The molecule has 0 heterocycles. The highest BCUT2D eigenvalue weighted by Crippen LogP contribution is 2.15. The van der Waals surface area contributed by atoms with Crippen LogP contribution >= 0.6 is 0 Å². The number of ether oxygens (including phenoxy) is 2. The lowest BCUT2D eigenvalue weighted by atomic mass is 10.1. The lowest BCUT2D eigenvalue weighted by Crippen LogP contribution is -2.25. The van der Waals surface area contributed by atoms with Crippen molar-refractivity contribution in [1.29, 1.82) is 5.26 Å². The number of hydrogen-bond acceptors (Lipinski definition) is 5. The van der Waals surface area contributed by atoms with Crippen molar-refractivity contribution >= 4 is 11.6 Å². The molecular formula is C18H15F2N3O3. The van der Waals surface area contributed by atoms with Crippen LogP contribution in [0.3, 0.4) is 0 Å². The maximum absolute atomic E-state index is 12.1. The Kier molecular flexibility index (Phi) is 6.62. The van der Waals surface area contributed by atoms with Gasteiger partial charge in [0.2, 0.25) is 0 Å². The van der Waals surface area contributed by atoms with Crippen molar-refractivity contribution in [2.75, 3.05) is 6.61 Å². The van der Waals surface area contributed by atoms with Crippen LogP contribution in [0, 0.1) is 11.3 Å². The normalized spacial score (nSPS) is 11.0. The maximum atomic E-state index is 12.1. The second kappa shape index (κ2) is 9.13. The van der Waals surface area contributed by atoms with Crippen molar-refractivity contribution in [3.63, 3.8) is 0 Å². The van der Waals surface area contributed by atoms with Crippen LogP contribution < -0.4 is 14.9 Å². The van der Waals surface area contributed by atoms with E-state index in [4.69, 9.17) is 10.00 Å². The zero-order chi connectivity index (χ0) is 18.9. The molecule has 8 heteroatoms. The molecule has 2 aromatic carbocycles. The van der Waals surface area contributed by atoms with E-state index in [0.717, 1.165) is 0 Å². The molecule has 0 unspecified atom stereocenters. The lowest BCUT2D eigenvalue weighted by Gasteiger charge is -2.07. The summed E-state index contributed by atoms with van der Waals surface area (Å²) >= 11 is 0. The van der Waals surface area contributed by atoms with Gasteiger partial charge < -0.3 is 9.47 Å². The van der Waals surface area contributed by atoms with Gasteiger partial charge in [-0.3, -0.25) is 4.79 Å². The first kappa shape index (κ1) is 18.9. The van der Waals surface area contributed by atoms with E-state index in [9.17, 15) is 13.6 Å². The summed E-state index contributed by atoms with van der Waals surface area (Å²) in [5.74, 6) is 0.0252. The number of alkyl halides is 2.